The van der Waals surface area contributed by atoms with E-state index in [0.29, 0.717) is 11.4 Å². The van der Waals surface area contributed by atoms with Crippen LogP contribution in [-0.4, -0.2) is 8.42 Å². The van der Waals surface area contributed by atoms with Gasteiger partial charge >= 0.3 is 0 Å². The van der Waals surface area contributed by atoms with Crippen molar-refractivity contribution in [3.05, 3.63) is 54.1 Å². The molecule has 1 unspecified atom stereocenters. The lowest BCUT2D eigenvalue weighted by molar-refractivity contribution is 0.597. The molecule has 6 heteroatoms. The van der Waals surface area contributed by atoms with Gasteiger partial charge in [-0.3, -0.25) is 0 Å². The molecule has 0 spiro atoms. The SMILES string of the molecule is CCC(Nc1ccc(N)cc1S(N)(=O)=O)c1ccccc1. The first-order chi connectivity index (χ1) is 9.91. The molecule has 21 heavy (non-hydrogen) atoms. The molecule has 0 aromatic heterocycles. The van der Waals surface area contributed by atoms with Crippen molar-refractivity contribution in [1.29, 1.82) is 0 Å². The van der Waals surface area contributed by atoms with E-state index < -0.39 is 10.0 Å². The molecule has 0 saturated heterocycles. The number of benzene rings is 2. The van der Waals surface area contributed by atoms with Gasteiger partial charge in [0.15, 0.2) is 0 Å². The average molecular weight is 305 g/mol. The van der Waals surface area contributed by atoms with Gasteiger partial charge in [-0.25, -0.2) is 13.6 Å². The van der Waals surface area contributed by atoms with Gasteiger partial charge < -0.3 is 11.1 Å². The summed E-state index contributed by atoms with van der Waals surface area (Å²) in [5.74, 6) is 0. The highest BCUT2D eigenvalue weighted by molar-refractivity contribution is 7.89. The number of anilines is 2. The Morgan fingerprint density at radius 3 is 2.38 bits per heavy atom. The van der Waals surface area contributed by atoms with Crippen molar-refractivity contribution >= 4 is 21.4 Å². The summed E-state index contributed by atoms with van der Waals surface area (Å²) in [6.07, 6.45) is 0.804. The molecule has 2 aromatic carbocycles. The lowest BCUT2D eigenvalue weighted by Gasteiger charge is -2.20. The van der Waals surface area contributed by atoms with Crippen LogP contribution in [0.4, 0.5) is 11.4 Å². The minimum Gasteiger partial charge on any atom is -0.399 e. The summed E-state index contributed by atoms with van der Waals surface area (Å²) in [6.45, 7) is 2.03. The van der Waals surface area contributed by atoms with E-state index in [2.05, 4.69) is 5.32 Å². The molecule has 2 rings (SSSR count). The molecular weight excluding hydrogens is 286 g/mol. The molecule has 5 nitrogen and oxygen atoms in total. The van der Waals surface area contributed by atoms with Gasteiger partial charge in [0.1, 0.15) is 4.90 Å². The van der Waals surface area contributed by atoms with Crippen LogP contribution in [-0.2, 0) is 10.0 Å². The average Bonchev–Trinajstić information content (AvgIpc) is 2.46. The van der Waals surface area contributed by atoms with Gasteiger partial charge in [-0.15, -0.1) is 0 Å². The van der Waals surface area contributed by atoms with Gasteiger partial charge in [0.25, 0.3) is 0 Å². The smallest absolute Gasteiger partial charge is 0.240 e. The predicted octanol–water partition coefficient (Wildman–Crippen LogP) is 2.48. The van der Waals surface area contributed by atoms with Crippen LogP contribution in [0.5, 0.6) is 0 Å². The minimum atomic E-state index is -3.83. The first-order valence-electron chi connectivity index (χ1n) is 6.65. The molecule has 0 amide bonds. The highest BCUT2D eigenvalue weighted by Crippen LogP contribution is 2.28. The van der Waals surface area contributed by atoms with E-state index in [1.807, 2.05) is 37.3 Å². The zero-order chi connectivity index (χ0) is 15.5. The molecule has 0 aliphatic rings. The van der Waals surface area contributed by atoms with Crippen LogP contribution in [0.2, 0.25) is 0 Å². The third-order valence-electron chi connectivity index (χ3n) is 3.25. The van der Waals surface area contributed by atoms with E-state index in [9.17, 15) is 8.42 Å². The second-order valence-electron chi connectivity index (χ2n) is 4.82. The standard InChI is InChI=1S/C15H19N3O2S/c1-2-13(11-6-4-3-5-7-11)18-14-9-8-12(16)10-15(14)21(17,19)20/h3-10,13,18H,2,16H2,1H3,(H2,17,19,20). The van der Waals surface area contributed by atoms with Crippen molar-refractivity contribution < 1.29 is 8.42 Å². The zero-order valence-electron chi connectivity index (χ0n) is 11.8. The lowest BCUT2D eigenvalue weighted by Crippen LogP contribution is -2.17. The van der Waals surface area contributed by atoms with Gasteiger partial charge in [-0.05, 0) is 30.2 Å². The maximum absolute atomic E-state index is 11.7. The van der Waals surface area contributed by atoms with E-state index in [0.717, 1.165) is 12.0 Å². The molecule has 0 bridgehead atoms. The molecule has 0 aliphatic carbocycles. The number of sulfonamides is 1. The molecule has 5 N–H and O–H groups in total. The van der Waals surface area contributed by atoms with Gasteiger partial charge in [0.05, 0.1) is 11.7 Å². The van der Waals surface area contributed by atoms with Crippen LogP contribution in [0, 0.1) is 0 Å². The van der Waals surface area contributed by atoms with E-state index >= 15 is 0 Å². The van der Waals surface area contributed by atoms with Crippen molar-refractivity contribution in [2.45, 2.75) is 24.3 Å². The Labute approximate surface area is 125 Å². The predicted molar refractivity (Wildman–Crippen MR) is 85.3 cm³/mol. The Morgan fingerprint density at radius 2 is 1.81 bits per heavy atom. The van der Waals surface area contributed by atoms with Gasteiger partial charge in [-0.2, -0.15) is 0 Å². The first-order valence-corrected chi connectivity index (χ1v) is 8.20. The molecule has 0 heterocycles. The van der Waals surface area contributed by atoms with Crippen LogP contribution >= 0.6 is 0 Å². The number of nitrogens with two attached hydrogens (primary N) is 2. The molecule has 2 aromatic rings. The summed E-state index contributed by atoms with van der Waals surface area (Å²) < 4.78 is 23.4. The highest BCUT2D eigenvalue weighted by Gasteiger charge is 2.17. The van der Waals surface area contributed by atoms with Crippen molar-refractivity contribution in [2.24, 2.45) is 5.14 Å². The van der Waals surface area contributed by atoms with Crippen LogP contribution in [0.3, 0.4) is 0 Å². The summed E-state index contributed by atoms with van der Waals surface area (Å²) in [5, 5.41) is 8.49. The summed E-state index contributed by atoms with van der Waals surface area (Å²) in [4.78, 5) is 0.0110. The fraction of sp³-hybridized carbons (Fsp3) is 0.200. The fourth-order valence-electron chi connectivity index (χ4n) is 2.19. The third-order valence-corrected chi connectivity index (χ3v) is 4.20. The number of nitrogen functional groups attached to an aromatic ring is 1. The summed E-state index contributed by atoms with van der Waals surface area (Å²) in [7, 11) is -3.83. The maximum atomic E-state index is 11.7. The topological polar surface area (TPSA) is 98.2 Å². The highest BCUT2D eigenvalue weighted by atomic mass is 32.2. The van der Waals surface area contributed by atoms with Gasteiger partial charge in [0, 0.05) is 5.69 Å². The van der Waals surface area contributed by atoms with Gasteiger partial charge in [0.2, 0.25) is 10.0 Å². The Hall–Kier alpha value is -2.05. The molecule has 0 fully saturated rings. The third kappa shape index (κ3) is 3.74. The monoisotopic (exact) mass is 305 g/mol. The second kappa shape index (κ2) is 6.15. The summed E-state index contributed by atoms with van der Waals surface area (Å²) in [5.41, 5.74) is 7.55. The minimum absolute atomic E-state index is 0.00433. The zero-order valence-corrected chi connectivity index (χ0v) is 12.6. The van der Waals surface area contributed by atoms with E-state index in [1.165, 1.54) is 6.07 Å². The second-order valence-corrected chi connectivity index (χ2v) is 6.35. The number of nitrogens with one attached hydrogen (secondary N) is 1. The number of rotatable bonds is 5. The first kappa shape index (κ1) is 15.3. The van der Waals surface area contributed by atoms with Crippen molar-refractivity contribution in [1.82, 2.24) is 0 Å². The molecule has 112 valence electrons. The number of hydrogen-bond donors (Lipinski definition) is 3. The molecular formula is C15H19N3O2S. The van der Waals surface area contributed by atoms with E-state index in [-0.39, 0.29) is 10.9 Å². The maximum Gasteiger partial charge on any atom is 0.240 e. The van der Waals surface area contributed by atoms with E-state index in [1.54, 1.807) is 12.1 Å². The van der Waals surface area contributed by atoms with Crippen molar-refractivity contribution in [3.63, 3.8) is 0 Å². The van der Waals surface area contributed by atoms with Crippen LogP contribution < -0.4 is 16.2 Å². The Morgan fingerprint density at radius 1 is 1.14 bits per heavy atom. The fourth-order valence-corrected chi connectivity index (χ4v) is 2.92. The summed E-state index contributed by atoms with van der Waals surface area (Å²) >= 11 is 0. The molecule has 0 radical (unpaired) electrons. The number of primary sulfonamides is 1. The van der Waals surface area contributed by atoms with Crippen LogP contribution in [0.15, 0.2) is 53.4 Å². The molecule has 0 saturated carbocycles. The van der Waals surface area contributed by atoms with Crippen molar-refractivity contribution in [3.8, 4) is 0 Å². The van der Waals surface area contributed by atoms with Gasteiger partial charge in [-0.1, -0.05) is 37.3 Å². The Bertz CT molecular complexity index is 715. The Balaban J connectivity index is 2.39. The van der Waals surface area contributed by atoms with Crippen LogP contribution in [0.1, 0.15) is 24.9 Å². The molecule has 1 atom stereocenters. The van der Waals surface area contributed by atoms with Crippen molar-refractivity contribution in [2.75, 3.05) is 11.1 Å². The summed E-state index contributed by atoms with van der Waals surface area (Å²) in [6, 6.07) is 14.5. The Kier molecular flexibility index (Phi) is 4.50. The van der Waals surface area contributed by atoms with Crippen LogP contribution in [0.25, 0.3) is 0 Å². The van der Waals surface area contributed by atoms with E-state index in [4.69, 9.17) is 10.9 Å². The lowest BCUT2D eigenvalue weighted by atomic mass is 10.0. The largest absolute Gasteiger partial charge is 0.399 e. The quantitative estimate of drug-likeness (QED) is 0.739. The normalized spacial score (nSPS) is 12.9. The molecule has 0 aliphatic heterocycles. The number of hydrogen-bond acceptors (Lipinski definition) is 4.